The van der Waals surface area contributed by atoms with E-state index in [1.807, 2.05) is 0 Å². The van der Waals surface area contributed by atoms with Gasteiger partial charge in [-0.3, -0.25) is 0 Å². The van der Waals surface area contributed by atoms with E-state index < -0.39 is 7.05 Å². The molecule has 11 nitrogen and oxygen atoms in total. The second kappa shape index (κ2) is 45.7. The van der Waals surface area contributed by atoms with E-state index in [0.717, 1.165) is 121 Å². The lowest BCUT2D eigenvalue weighted by atomic mass is 9.78. The highest BCUT2D eigenvalue weighted by Gasteiger charge is 2.30. The largest absolute Gasteiger partial charge is 0.507 e. The minimum absolute atomic E-state index is 0.262. The number of rotatable bonds is 52. The van der Waals surface area contributed by atoms with E-state index in [1.165, 1.54) is 261 Å². The van der Waals surface area contributed by atoms with E-state index in [-0.39, 0.29) is 17.4 Å². The maximum atomic E-state index is 11.9. The molecule has 4 heterocycles. The number of H-pyrrole nitrogens is 1. The molecule has 0 amide bonds. The monoisotopic (exact) mass is 1570 g/mol. The van der Waals surface area contributed by atoms with Gasteiger partial charge < -0.3 is 43.3 Å². The zero-order valence-electron chi connectivity index (χ0n) is 73.6. The van der Waals surface area contributed by atoms with Crippen molar-refractivity contribution in [3.8, 4) is 40.2 Å². The number of phenols is 1. The fraction of sp³-hybridized carbons (Fsp3) is 0.538. The predicted octanol–water partition coefficient (Wildman–Crippen LogP) is 31.3. The molecular weight excluding hydrogens is 1420 g/mol. The zero-order valence-corrected chi connectivity index (χ0v) is 73.6. The number of benzene rings is 7. The van der Waals surface area contributed by atoms with E-state index in [0.29, 0.717) is 28.3 Å². The van der Waals surface area contributed by atoms with E-state index in [9.17, 15) is 5.11 Å². The lowest BCUT2D eigenvalue weighted by Gasteiger charge is -2.28. The number of unbranched alkanes of at least 4 members (excludes halogenated alkanes) is 36. The Bertz CT molecular complexity index is 4760. The average Bonchev–Trinajstić information content (AvgIpc) is 1.57. The first-order valence-corrected chi connectivity index (χ1v) is 46.4. The van der Waals surface area contributed by atoms with Crippen molar-refractivity contribution in [1.29, 1.82) is 0 Å². The highest BCUT2D eigenvalue weighted by Crippen LogP contribution is 2.45. The Labute approximate surface area is 699 Å². The van der Waals surface area contributed by atoms with E-state index in [1.54, 1.807) is 0 Å². The van der Waals surface area contributed by atoms with Gasteiger partial charge in [0, 0.05) is 39.4 Å². The molecule has 0 aliphatic carbocycles. The first kappa shape index (κ1) is 88.6. The Morgan fingerprint density at radius 1 is 0.362 bits per heavy atom. The lowest BCUT2D eigenvalue weighted by Crippen LogP contribution is -2.41. The fourth-order valence-electron chi connectivity index (χ4n) is 17.4. The van der Waals surface area contributed by atoms with E-state index in [2.05, 4.69) is 235 Å². The molecule has 0 unspecified atom stereocenters. The van der Waals surface area contributed by atoms with Crippen LogP contribution in [0.2, 0.25) is 6.82 Å². The summed E-state index contributed by atoms with van der Waals surface area (Å²) in [5, 5.41) is 21.3. The third kappa shape index (κ3) is 26.1. The first-order valence-electron chi connectivity index (χ1n) is 46.4. The van der Waals surface area contributed by atoms with Gasteiger partial charge >= 0.3 is 7.05 Å². The minimum atomic E-state index is -0.621. The number of nitrogens with zero attached hydrogens (tertiary/aromatic N) is 4. The molecule has 0 fully saturated rings. The van der Waals surface area contributed by atoms with Crippen molar-refractivity contribution in [2.45, 2.75) is 356 Å². The van der Waals surface area contributed by atoms with Gasteiger partial charge in [0.15, 0.2) is 0 Å². The molecule has 11 rings (SSSR count). The number of aromatic hydroxyl groups is 1. The van der Waals surface area contributed by atoms with Crippen LogP contribution < -0.4 is 30.5 Å². The van der Waals surface area contributed by atoms with Crippen molar-refractivity contribution in [2.75, 3.05) is 5.32 Å². The van der Waals surface area contributed by atoms with E-state index in [4.69, 9.17) is 28.8 Å². The summed E-state index contributed by atoms with van der Waals surface area (Å²) in [7, 11) is 1.48. The molecule has 0 atom stereocenters. The molecular formula is C104H145BN6O5. The van der Waals surface area contributed by atoms with Crippen LogP contribution in [0.5, 0.6) is 40.2 Å². The minimum Gasteiger partial charge on any atom is -0.507 e. The van der Waals surface area contributed by atoms with Crippen molar-refractivity contribution in [2.24, 2.45) is 17.0 Å². The van der Waals surface area contributed by atoms with Crippen LogP contribution in [0.25, 0.3) is 32.3 Å². The van der Waals surface area contributed by atoms with Crippen LogP contribution in [-0.2, 0) is 48.4 Å². The number of aromatic nitrogens is 3. The Morgan fingerprint density at radius 2 is 0.707 bits per heavy atom. The van der Waals surface area contributed by atoms with Crippen LogP contribution in [0.15, 0.2) is 150 Å². The standard InChI is InChI=1S/C104H145BN6O5/c1-12-15-18-21-24-27-30-33-36-39-42-45-48-54-78-57-51-60-82(69-78)114-85-63-66-88-91(74-85)98-106-97(88)108-102-93-76-87(116-84-62-53-59-80(71-84)56-50-47-44-41-38-35-32-29-26-23-20-17-14-3)65-68-90(93)101(111(102)105(10)113-77-81-72-94(103(4,5)6)96(112)95(73-81)104(7,8)9)109-99-89-67-64-86(75-92(89)100(107-98)110(99)11)115-83-61-52-58-79(70-83)55-49-46-43-40-37-34-31-28-25-22-19-16-13-2/h51-53,57-76,106-107,112H,12-50,54-56,77H2,1-11H3. The molecule has 3 N–H and O–H groups in total. The molecule has 0 saturated carbocycles. The summed E-state index contributed by atoms with van der Waals surface area (Å²) in [5.74, 6) is 7.92. The lowest BCUT2D eigenvalue weighted by molar-refractivity contribution is 0.302. The number of aryl methyl sites for hydroxylation is 3. The Morgan fingerprint density at radius 3 is 1.10 bits per heavy atom. The van der Waals surface area contributed by atoms with E-state index >= 15 is 0 Å². The van der Waals surface area contributed by atoms with Crippen LogP contribution in [-0.4, -0.2) is 26.2 Å². The quantitative estimate of drug-likeness (QED) is 0.0258. The number of nitrogens with one attached hydrogen (secondary N) is 2. The van der Waals surface area contributed by atoms with Gasteiger partial charge in [-0.05, 0) is 193 Å². The number of fused-ring (bicyclic) bond motifs is 15. The second-order valence-corrected chi connectivity index (χ2v) is 36.2. The normalized spacial score (nSPS) is 12.3. The van der Waals surface area contributed by atoms with Crippen molar-refractivity contribution < 1.29 is 24.0 Å². The maximum Gasteiger partial charge on any atom is 0.419 e. The van der Waals surface area contributed by atoms with Gasteiger partial charge in [-0.25, -0.2) is 9.98 Å². The number of hydrogen-bond donors (Lipinski definition) is 3. The van der Waals surface area contributed by atoms with Crippen LogP contribution in [0.1, 0.15) is 346 Å². The second-order valence-electron chi connectivity index (χ2n) is 36.2. The molecule has 6 bridgehead atoms. The van der Waals surface area contributed by atoms with Crippen molar-refractivity contribution in [3.05, 3.63) is 184 Å². The third-order valence-electron chi connectivity index (χ3n) is 24.3. The first-order chi connectivity index (χ1) is 56.5. The summed E-state index contributed by atoms with van der Waals surface area (Å²) >= 11 is 0. The molecule has 12 heteroatoms. The van der Waals surface area contributed by atoms with Crippen LogP contribution in [0.3, 0.4) is 0 Å². The summed E-state index contributed by atoms with van der Waals surface area (Å²) in [4.78, 5) is 15.6. The number of hydrogen-bond acceptors (Lipinski definition) is 8. The van der Waals surface area contributed by atoms with Crippen molar-refractivity contribution >= 4 is 62.6 Å². The summed E-state index contributed by atoms with van der Waals surface area (Å²) in [6, 6.07) is 49.4. The highest BCUT2D eigenvalue weighted by atomic mass is 16.5. The SMILES string of the molecule is CCCCCCCCCCCCCCCc1cccc(Oc2ccc3c4[nH]c(c3c2)Nc2c3cc(Oc5cccc(CCCCCCCCCCCCCCC)c5)ccc3c(n2C)N=c2c3ccc(Oc5cccc(CCCCCCCCCCCCCCC)c5)cc3c(n2B(C)OCc2cc(C(C)(C)C)c(O)c(C(C)(C)C)c2)=N4)c1. The average molecular weight is 1570 g/mol. The number of phenolic OH excluding ortho intramolecular Hbond substituents is 1. The summed E-state index contributed by atoms with van der Waals surface area (Å²) < 4.78 is 32.4. The van der Waals surface area contributed by atoms with Crippen LogP contribution in [0, 0.1) is 0 Å². The smallest absolute Gasteiger partial charge is 0.419 e. The molecule has 0 saturated heterocycles. The Kier molecular flexibility index (Phi) is 34.9. The molecule has 116 heavy (non-hydrogen) atoms. The van der Waals surface area contributed by atoms with Gasteiger partial charge in [0.1, 0.15) is 74.5 Å². The number of aromatic amines is 1. The Balaban J connectivity index is 0.925. The highest BCUT2D eigenvalue weighted by molar-refractivity contribution is 6.48. The molecule has 1 aliphatic heterocycles. The van der Waals surface area contributed by atoms with Gasteiger partial charge in [0.25, 0.3) is 0 Å². The predicted molar refractivity (Wildman–Crippen MR) is 493 cm³/mol. The molecule has 0 radical (unpaired) electrons. The molecule has 7 aromatic carbocycles. The van der Waals surface area contributed by atoms with Crippen molar-refractivity contribution in [1.82, 2.24) is 14.0 Å². The van der Waals surface area contributed by atoms with Crippen molar-refractivity contribution in [3.63, 3.8) is 0 Å². The summed E-state index contributed by atoms with van der Waals surface area (Å²) in [6.45, 7) is 22.2. The number of anilines is 2. The topological polar surface area (TPSA) is 120 Å². The molecule has 10 aromatic rings. The Hall–Kier alpha value is -8.22. The number of ether oxygens (including phenoxy) is 3. The zero-order chi connectivity index (χ0) is 81.5. The molecule has 624 valence electrons. The fourth-order valence-corrected chi connectivity index (χ4v) is 17.4. The van der Waals surface area contributed by atoms with Gasteiger partial charge in [-0.1, -0.05) is 330 Å². The molecule has 3 aromatic heterocycles. The van der Waals surface area contributed by atoms with Crippen LogP contribution in [0.4, 0.5) is 23.3 Å². The van der Waals surface area contributed by atoms with Crippen LogP contribution >= 0.6 is 0 Å². The maximum absolute atomic E-state index is 11.9. The summed E-state index contributed by atoms with van der Waals surface area (Å²) in [6.07, 6.45) is 55.4. The molecule has 1 aliphatic rings. The van der Waals surface area contributed by atoms with Gasteiger partial charge in [0.2, 0.25) is 0 Å². The summed E-state index contributed by atoms with van der Waals surface area (Å²) in [5.41, 5.74) is 7.33. The van der Waals surface area contributed by atoms with Gasteiger partial charge in [-0.2, -0.15) is 0 Å². The molecule has 0 spiro atoms. The van der Waals surface area contributed by atoms with Gasteiger partial charge in [0.05, 0.1) is 6.61 Å². The third-order valence-corrected chi connectivity index (χ3v) is 24.3. The van der Waals surface area contributed by atoms with Gasteiger partial charge in [-0.15, -0.1) is 0 Å².